The van der Waals surface area contributed by atoms with Gasteiger partial charge in [0.15, 0.2) is 6.10 Å². The van der Waals surface area contributed by atoms with E-state index in [1.165, 1.54) is 51.4 Å². The van der Waals surface area contributed by atoms with Gasteiger partial charge in [-0.2, -0.15) is 13.2 Å². The molecule has 0 amide bonds. The summed E-state index contributed by atoms with van der Waals surface area (Å²) >= 11 is 0. The molecule has 0 spiro atoms. The molecule has 0 fully saturated rings. The molecule has 0 N–H and O–H groups in total. The van der Waals surface area contributed by atoms with E-state index in [9.17, 15) is 27.2 Å². The number of unbranched alkanes of at least 4 members (excludes halogenated alkanes) is 13. The lowest BCUT2D eigenvalue weighted by molar-refractivity contribution is -0.206. The second-order valence-electron chi connectivity index (χ2n) is 12.6. The van der Waals surface area contributed by atoms with Crippen LogP contribution < -0.4 is 9.47 Å². The normalized spacial score (nSPS) is 11.9. The first-order valence-corrected chi connectivity index (χ1v) is 17.9. The number of rotatable bonds is 23. The predicted octanol–water partition coefficient (Wildman–Crippen LogP) is 12.2. The number of carbonyl (C=O) groups is 2. The molecule has 50 heavy (non-hydrogen) atoms. The van der Waals surface area contributed by atoms with E-state index in [4.69, 9.17) is 14.2 Å². The highest BCUT2D eigenvalue weighted by Gasteiger charge is 2.42. The van der Waals surface area contributed by atoms with Crippen LogP contribution in [-0.2, 0) is 4.74 Å². The number of benzene rings is 3. The van der Waals surface area contributed by atoms with Crippen molar-refractivity contribution in [3.05, 3.63) is 96.3 Å². The molecular weight excluding hydrogens is 648 g/mol. The van der Waals surface area contributed by atoms with Crippen molar-refractivity contribution in [2.24, 2.45) is 0 Å². The fourth-order valence-electron chi connectivity index (χ4n) is 5.59. The van der Waals surface area contributed by atoms with Crippen molar-refractivity contribution < 1.29 is 41.4 Å². The Bertz CT molecular complexity index is 1450. The summed E-state index contributed by atoms with van der Waals surface area (Å²) in [7, 11) is 0. The van der Waals surface area contributed by atoms with E-state index in [2.05, 4.69) is 13.5 Å². The molecule has 0 saturated carbocycles. The van der Waals surface area contributed by atoms with Crippen LogP contribution in [0.25, 0.3) is 11.1 Å². The van der Waals surface area contributed by atoms with Gasteiger partial charge in [0.2, 0.25) is 0 Å². The van der Waals surface area contributed by atoms with Gasteiger partial charge in [0.05, 0.1) is 11.1 Å². The fraction of sp³-hybridized carbons (Fsp3) is 0.463. The van der Waals surface area contributed by atoms with E-state index in [1.807, 2.05) is 24.3 Å². The molecule has 1 unspecified atom stereocenters. The lowest BCUT2D eigenvalue weighted by Crippen LogP contribution is -2.34. The molecule has 3 aromatic carbocycles. The van der Waals surface area contributed by atoms with Crippen LogP contribution in [0.5, 0.6) is 11.5 Å². The van der Waals surface area contributed by atoms with Crippen molar-refractivity contribution in [2.45, 2.75) is 116 Å². The maximum absolute atomic E-state index is 14.8. The number of hydrogen-bond acceptors (Lipinski definition) is 5. The van der Waals surface area contributed by atoms with Gasteiger partial charge in [-0.05, 0) is 60.4 Å². The third-order valence-electron chi connectivity index (χ3n) is 8.48. The second kappa shape index (κ2) is 21.8. The molecule has 0 aromatic heterocycles. The highest BCUT2D eigenvalue weighted by molar-refractivity contribution is 5.92. The van der Waals surface area contributed by atoms with Crippen LogP contribution in [0.2, 0.25) is 0 Å². The van der Waals surface area contributed by atoms with Crippen molar-refractivity contribution in [2.75, 3.05) is 6.61 Å². The van der Waals surface area contributed by atoms with E-state index in [-0.39, 0.29) is 17.7 Å². The minimum atomic E-state index is -4.78. The molecule has 0 aliphatic carbocycles. The second-order valence-corrected chi connectivity index (χ2v) is 12.6. The Morgan fingerprint density at radius 3 is 1.70 bits per heavy atom. The number of carbonyl (C=O) groups excluding carboxylic acids is 2. The summed E-state index contributed by atoms with van der Waals surface area (Å²) in [5.74, 6) is -2.87. The van der Waals surface area contributed by atoms with Gasteiger partial charge in [-0.25, -0.2) is 14.0 Å². The third kappa shape index (κ3) is 14.4. The van der Waals surface area contributed by atoms with Crippen LogP contribution in [0.15, 0.2) is 79.4 Å². The van der Waals surface area contributed by atoms with Gasteiger partial charge in [0.1, 0.15) is 23.9 Å². The van der Waals surface area contributed by atoms with E-state index in [0.717, 1.165) is 55.0 Å². The summed E-state index contributed by atoms with van der Waals surface area (Å²) in [6.45, 7) is 6.22. The largest absolute Gasteiger partial charge is 0.490 e. The average Bonchev–Trinajstić information content (AvgIpc) is 3.10. The van der Waals surface area contributed by atoms with Crippen molar-refractivity contribution in [3.63, 3.8) is 0 Å². The number of ether oxygens (including phenoxy) is 3. The lowest BCUT2D eigenvalue weighted by Gasteiger charge is -2.21. The average molecular weight is 699 g/mol. The minimum Gasteiger partial charge on any atom is -0.490 e. The Morgan fingerprint density at radius 2 is 1.20 bits per heavy atom. The molecule has 3 aromatic rings. The molecule has 3 rings (SSSR count). The van der Waals surface area contributed by atoms with Gasteiger partial charge >= 0.3 is 18.1 Å². The summed E-state index contributed by atoms with van der Waals surface area (Å²) in [6.07, 6.45) is 9.12. The van der Waals surface area contributed by atoms with Crippen LogP contribution in [0.1, 0.15) is 124 Å². The Labute approximate surface area is 294 Å². The number of esters is 2. The molecule has 0 aliphatic heterocycles. The maximum Gasteiger partial charge on any atom is 0.425 e. The third-order valence-corrected chi connectivity index (χ3v) is 8.48. The van der Waals surface area contributed by atoms with Crippen molar-refractivity contribution >= 4 is 11.9 Å². The van der Waals surface area contributed by atoms with E-state index in [0.29, 0.717) is 18.8 Å². The Balaban J connectivity index is 1.42. The quantitative estimate of drug-likeness (QED) is 0.0324. The smallest absolute Gasteiger partial charge is 0.425 e. The van der Waals surface area contributed by atoms with E-state index in [1.54, 1.807) is 30.3 Å². The Morgan fingerprint density at radius 1 is 0.700 bits per heavy atom. The highest BCUT2D eigenvalue weighted by atomic mass is 19.4. The molecule has 0 radical (unpaired) electrons. The number of hydrogen-bond donors (Lipinski definition) is 0. The van der Waals surface area contributed by atoms with E-state index < -0.39 is 42.0 Å². The first-order valence-electron chi connectivity index (χ1n) is 17.9. The fourth-order valence-corrected chi connectivity index (χ4v) is 5.59. The van der Waals surface area contributed by atoms with Crippen LogP contribution in [0.3, 0.4) is 0 Å². The van der Waals surface area contributed by atoms with Crippen LogP contribution in [0, 0.1) is 5.82 Å². The maximum atomic E-state index is 14.8. The van der Waals surface area contributed by atoms with Crippen molar-refractivity contribution in [3.8, 4) is 22.6 Å². The summed E-state index contributed by atoms with van der Waals surface area (Å²) in [6, 6.07) is 16.8. The first-order chi connectivity index (χ1) is 24.1. The van der Waals surface area contributed by atoms with Gasteiger partial charge in [0.25, 0.3) is 0 Å². The molecule has 0 bridgehead atoms. The van der Waals surface area contributed by atoms with Gasteiger partial charge < -0.3 is 14.2 Å². The van der Waals surface area contributed by atoms with Crippen LogP contribution in [0.4, 0.5) is 17.6 Å². The van der Waals surface area contributed by atoms with Gasteiger partial charge in [-0.3, -0.25) is 0 Å². The molecule has 9 heteroatoms. The monoisotopic (exact) mass is 698 g/mol. The van der Waals surface area contributed by atoms with Crippen LogP contribution in [-0.4, -0.2) is 30.8 Å². The van der Waals surface area contributed by atoms with Gasteiger partial charge in [0, 0.05) is 6.07 Å². The van der Waals surface area contributed by atoms with Crippen molar-refractivity contribution in [1.29, 1.82) is 0 Å². The number of alkyl halides is 3. The Kier molecular flexibility index (Phi) is 17.6. The van der Waals surface area contributed by atoms with Crippen molar-refractivity contribution in [1.82, 2.24) is 0 Å². The standard InChI is InChI=1S/C41H50F4O5/c1-3-5-6-7-8-9-10-11-12-13-14-15-16-17-18-38(41(43,44)45)50-40(47)36-28-27-35(30-37(36)42)49-39(46)33-21-19-31(20-22-33)32-23-25-34(26-24-32)48-29-4-2/h4,19-28,30,38H,2-3,5-18,29H2,1H3. The Hall–Kier alpha value is -4.14. The summed E-state index contributed by atoms with van der Waals surface area (Å²) < 4.78 is 71.3. The summed E-state index contributed by atoms with van der Waals surface area (Å²) in [5.41, 5.74) is 1.25. The zero-order chi connectivity index (χ0) is 36.2. The van der Waals surface area contributed by atoms with Gasteiger partial charge in [-0.15, -0.1) is 0 Å². The first kappa shape index (κ1) is 40.3. The predicted molar refractivity (Wildman–Crippen MR) is 189 cm³/mol. The van der Waals surface area contributed by atoms with Crippen LogP contribution >= 0.6 is 0 Å². The zero-order valence-electron chi connectivity index (χ0n) is 29.1. The number of halogens is 4. The summed E-state index contributed by atoms with van der Waals surface area (Å²) in [5, 5.41) is 0. The summed E-state index contributed by atoms with van der Waals surface area (Å²) in [4.78, 5) is 25.2. The molecular formula is C41H50F4O5. The molecule has 1 atom stereocenters. The minimum absolute atomic E-state index is 0.195. The molecule has 272 valence electrons. The molecule has 0 heterocycles. The molecule has 0 aliphatic rings. The lowest BCUT2D eigenvalue weighted by atomic mass is 10.0. The SMILES string of the molecule is C=CCOc1ccc(-c2ccc(C(=O)Oc3ccc(C(=O)OC(CCCCCCCCCCCCCCCC)C(F)(F)F)c(F)c3)cc2)cc1. The highest BCUT2D eigenvalue weighted by Crippen LogP contribution is 2.29. The zero-order valence-corrected chi connectivity index (χ0v) is 29.1. The van der Waals surface area contributed by atoms with Gasteiger partial charge in [-0.1, -0.05) is 127 Å². The van der Waals surface area contributed by atoms with E-state index >= 15 is 0 Å². The molecule has 5 nitrogen and oxygen atoms in total. The topological polar surface area (TPSA) is 61.8 Å². The molecule has 0 saturated heterocycles.